The zero-order valence-corrected chi connectivity index (χ0v) is 11.2. The molecule has 0 radical (unpaired) electrons. The Morgan fingerprint density at radius 1 is 1.26 bits per heavy atom. The average molecular weight is 276 g/mol. The van der Waals surface area contributed by atoms with Crippen molar-refractivity contribution in [1.82, 2.24) is 4.98 Å². The number of hydrogen-bond acceptors (Lipinski definition) is 3. The maximum absolute atomic E-state index is 10.9. The van der Waals surface area contributed by atoms with E-state index in [0.29, 0.717) is 16.4 Å². The van der Waals surface area contributed by atoms with Crippen LogP contribution in [-0.4, -0.2) is 10.9 Å². The average Bonchev–Trinajstić information content (AvgIpc) is 2.40. The van der Waals surface area contributed by atoms with Crippen LogP contribution < -0.4 is 11.1 Å². The lowest BCUT2D eigenvalue weighted by atomic mass is 10.1. The summed E-state index contributed by atoms with van der Waals surface area (Å²) in [4.78, 5) is 15.1. The highest BCUT2D eigenvalue weighted by Crippen LogP contribution is 2.19. The molecule has 0 aliphatic carbocycles. The van der Waals surface area contributed by atoms with Crippen LogP contribution in [0.4, 0.5) is 5.82 Å². The maximum atomic E-state index is 10.9. The van der Waals surface area contributed by atoms with E-state index in [1.165, 1.54) is 6.20 Å². The first-order valence-electron chi connectivity index (χ1n) is 5.84. The quantitative estimate of drug-likeness (QED) is 0.901. The summed E-state index contributed by atoms with van der Waals surface area (Å²) in [5.74, 6) is 0.206. The molecule has 2 rings (SSSR count). The summed E-state index contributed by atoms with van der Waals surface area (Å²) in [6.07, 6.45) is 1.46. The third kappa shape index (κ3) is 3.45. The van der Waals surface area contributed by atoms with Gasteiger partial charge in [-0.15, -0.1) is 0 Å². The number of halogens is 1. The predicted molar refractivity (Wildman–Crippen MR) is 76.2 cm³/mol. The molecule has 5 heteroatoms. The van der Waals surface area contributed by atoms with Crippen LogP contribution in [0.1, 0.15) is 28.9 Å². The summed E-state index contributed by atoms with van der Waals surface area (Å²) >= 11 is 5.85. The van der Waals surface area contributed by atoms with Crippen molar-refractivity contribution in [2.24, 2.45) is 5.73 Å². The molecule has 3 N–H and O–H groups in total. The van der Waals surface area contributed by atoms with Gasteiger partial charge in [0.15, 0.2) is 0 Å². The number of rotatable bonds is 4. The zero-order chi connectivity index (χ0) is 13.8. The Bertz CT molecular complexity index is 566. The highest BCUT2D eigenvalue weighted by atomic mass is 35.5. The molecule has 1 atom stereocenters. The van der Waals surface area contributed by atoms with Crippen molar-refractivity contribution in [3.05, 3.63) is 58.7 Å². The topological polar surface area (TPSA) is 68.0 Å². The lowest BCUT2D eigenvalue weighted by Gasteiger charge is -2.15. The molecule has 0 saturated heterocycles. The van der Waals surface area contributed by atoms with E-state index in [-0.39, 0.29) is 6.04 Å². The molecule has 1 unspecified atom stereocenters. The van der Waals surface area contributed by atoms with Crippen molar-refractivity contribution in [3.8, 4) is 0 Å². The number of primary amides is 1. The number of nitrogens with one attached hydrogen (secondary N) is 1. The van der Waals surface area contributed by atoms with Gasteiger partial charge in [-0.1, -0.05) is 23.7 Å². The van der Waals surface area contributed by atoms with Gasteiger partial charge in [0.25, 0.3) is 0 Å². The number of aromatic nitrogens is 1. The number of nitrogens with zero attached hydrogens (tertiary/aromatic N) is 1. The van der Waals surface area contributed by atoms with Crippen LogP contribution in [0, 0.1) is 0 Å². The second-order valence-electron chi connectivity index (χ2n) is 4.21. The van der Waals surface area contributed by atoms with Gasteiger partial charge in [0.05, 0.1) is 5.56 Å². The first kappa shape index (κ1) is 13.4. The van der Waals surface area contributed by atoms with E-state index >= 15 is 0 Å². The molecule has 1 heterocycles. The van der Waals surface area contributed by atoms with Gasteiger partial charge in [-0.05, 0) is 36.8 Å². The van der Waals surface area contributed by atoms with Crippen molar-refractivity contribution < 1.29 is 4.79 Å². The summed E-state index contributed by atoms with van der Waals surface area (Å²) in [6.45, 7) is 2.02. The molecule has 19 heavy (non-hydrogen) atoms. The van der Waals surface area contributed by atoms with Gasteiger partial charge in [0.1, 0.15) is 5.82 Å². The fourth-order valence-corrected chi connectivity index (χ4v) is 1.81. The van der Waals surface area contributed by atoms with E-state index in [2.05, 4.69) is 10.3 Å². The van der Waals surface area contributed by atoms with E-state index < -0.39 is 5.91 Å². The molecule has 4 nitrogen and oxygen atoms in total. The Labute approximate surface area is 116 Å². The van der Waals surface area contributed by atoms with Crippen molar-refractivity contribution in [2.45, 2.75) is 13.0 Å². The summed E-state index contributed by atoms with van der Waals surface area (Å²) in [5, 5.41) is 3.95. The Morgan fingerprint density at radius 2 is 1.95 bits per heavy atom. The number of amides is 1. The van der Waals surface area contributed by atoms with E-state index in [9.17, 15) is 4.79 Å². The number of carbonyl (C=O) groups excluding carboxylic acids is 1. The van der Waals surface area contributed by atoms with Crippen molar-refractivity contribution in [1.29, 1.82) is 0 Å². The second kappa shape index (κ2) is 5.71. The Balaban J connectivity index is 2.08. The van der Waals surface area contributed by atoms with Crippen molar-refractivity contribution in [2.75, 3.05) is 5.32 Å². The lowest BCUT2D eigenvalue weighted by Crippen LogP contribution is -2.12. The Kier molecular flexibility index (Phi) is 4.02. The SMILES string of the molecule is CC(Nc1ccc(C(N)=O)cn1)c1ccc(Cl)cc1. The number of carbonyl (C=O) groups is 1. The second-order valence-corrected chi connectivity index (χ2v) is 4.65. The van der Waals surface area contributed by atoms with Gasteiger partial charge >= 0.3 is 0 Å². The predicted octanol–water partition coefficient (Wildman–Crippen LogP) is 3.01. The van der Waals surface area contributed by atoms with E-state index in [1.807, 2.05) is 31.2 Å². The van der Waals surface area contributed by atoms with Crippen molar-refractivity contribution >= 4 is 23.3 Å². The minimum Gasteiger partial charge on any atom is -0.366 e. The highest BCUT2D eigenvalue weighted by Gasteiger charge is 2.06. The molecule has 0 bridgehead atoms. The summed E-state index contributed by atoms with van der Waals surface area (Å²) in [6, 6.07) is 11.1. The van der Waals surface area contributed by atoms with Crippen LogP contribution in [0.5, 0.6) is 0 Å². The van der Waals surface area contributed by atoms with Gasteiger partial charge in [0.2, 0.25) is 5.91 Å². The van der Waals surface area contributed by atoms with E-state index in [4.69, 9.17) is 17.3 Å². The third-order valence-corrected chi connectivity index (χ3v) is 3.03. The van der Waals surface area contributed by atoms with Crippen LogP contribution in [0.3, 0.4) is 0 Å². The summed E-state index contributed by atoms with van der Waals surface area (Å²) in [7, 11) is 0. The van der Waals surface area contributed by atoms with E-state index in [0.717, 1.165) is 5.56 Å². The van der Waals surface area contributed by atoms with Crippen LogP contribution in [0.2, 0.25) is 5.02 Å². The molecule has 1 aromatic heterocycles. The lowest BCUT2D eigenvalue weighted by molar-refractivity contribution is 0.1000. The summed E-state index contributed by atoms with van der Waals surface area (Å²) in [5.41, 5.74) is 6.65. The monoisotopic (exact) mass is 275 g/mol. The van der Waals surface area contributed by atoms with Crippen molar-refractivity contribution in [3.63, 3.8) is 0 Å². The molecular weight excluding hydrogens is 262 g/mol. The van der Waals surface area contributed by atoms with Gasteiger partial charge < -0.3 is 11.1 Å². The van der Waals surface area contributed by atoms with Gasteiger partial charge in [-0.3, -0.25) is 4.79 Å². The number of hydrogen-bond donors (Lipinski definition) is 2. The molecule has 1 aromatic carbocycles. The molecule has 1 amide bonds. The van der Waals surface area contributed by atoms with E-state index in [1.54, 1.807) is 12.1 Å². The van der Waals surface area contributed by atoms with Crippen LogP contribution in [0.25, 0.3) is 0 Å². The number of nitrogens with two attached hydrogens (primary N) is 1. The molecule has 0 saturated carbocycles. The molecule has 0 aliphatic rings. The first-order valence-corrected chi connectivity index (χ1v) is 6.22. The molecule has 0 spiro atoms. The van der Waals surface area contributed by atoms with Gasteiger partial charge in [-0.25, -0.2) is 4.98 Å². The largest absolute Gasteiger partial charge is 0.366 e. The molecule has 2 aromatic rings. The molecule has 0 fully saturated rings. The Morgan fingerprint density at radius 3 is 2.47 bits per heavy atom. The van der Waals surface area contributed by atoms with Gasteiger partial charge in [0, 0.05) is 17.3 Å². The third-order valence-electron chi connectivity index (χ3n) is 2.78. The normalized spacial score (nSPS) is 11.9. The van der Waals surface area contributed by atoms with Crippen LogP contribution in [0.15, 0.2) is 42.6 Å². The first-order chi connectivity index (χ1) is 9.06. The Hall–Kier alpha value is -2.07. The number of benzene rings is 1. The smallest absolute Gasteiger partial charge is 0.250 e. The highest BCUT2D eigenvalue weighted by molar-refractivity contribution is 6.30. The zero-order valence-electron chi connectivity index (χ0n) is 10.4. The standard InChI is InChI=1S/C14H14ClN3O/c1-9(10-2-5-12(15)6-3-10)18-13-7-4-11(8-17-13)14(16)19/h2-9H,1H3,(H2,16,19)(H,17,18). The fraction of sp³-hybridized carbons (Fsp3) is 0.143. The molecule has 98 valence electrons. The number of pyridine rings is 1. The molecule has 0 aliphatic heterocycles. The summed E-state index contributed by atoms with van der Waals surface area (Å²) < 4.78 is 0. The van der Waals surface area contributed by atoms with Crippen LogP contribution >= 0.6 is 11.6 Å². The fourth-order valence-electron chi connectivity index (χ4n) is 1.68. The minimum atomic E-state index is -0.482. The van der Waals surface area contributed by atoms with Crippen LogP contribution in [-0.2, 0) is 0 Å². The molecular formula is C14H14ClN3O. The van der Waals surface area contributed by atoms with Gasteiger partial charge in [-0.2, -0.15) is 0 Å². The maximum Gasteiger partial charge on any atom is 0.250 e. The number of anilines is 1. The minimum absolute atomic E-state index is 0.0872.